The molecular weight excluding hydrogens is 168 g/mol. The second-order valence-corrected chi connectivity index (χ2v) is 3.13. The highest BCUT2D eigenvalue weighted by Crippen LogP contribution is 2.23. The first-order chi connectivity index (χ1) is 6.16. The van der Waals surface area contributed by atoms with Crippen molar-refractivity contribution < 1.29 is 14.3 Å². The van der Waals surface area contributed by atoms with E-state index in [-0.39, 0.29) is 12.1 Å². The van der Waals surface area contributed by atoms with Crippen molar-refractivity contribution in [3.63, 3.8) is 0 Å². The summed E-state index contributed by atoms with van der Waals surface area (Å²) in [6.45, 7) is 6.72. The third kappa shape index (κ3) is 2.31. The molecule has 0 spiro atoms. The van der Waals surface area contributed by atoms with Gasteiger partial charge in [0.05, 0.1) is 19.3 Å². The maximum atomic E-state index is 11.3. The van der Waals surface area contributed by atoms with Gasteiger partial charge in [-0.2, -0.15) is 0 Å². The van der Waals surface area contributed by atoms with Crippen molar-refractivity contribution in [1.82, 2.24) is 0 Å². The fourth-order valence-electron chi connectivity index (χ4n) is 1.51. The minimum atomic E-state index is -0.213. The molecule has 0 aromatic carbocycles. The fourth-order valence-corrected chi connectivity index (χ4v) is 1.51. The van der Waals surface area contributed by atoms with Crippen LogP contribution in [0.5, 0.6) is 0 Å². The summed E-state index contributed by atoms with van der Waals surface area (Å²) in [7, 11) is 0. The van der Waals surface area contributed by atoms with Crippen molar-refractivity contribution in [3.8, 4) is 0 Å². The van der Waals surface area contributed by atoms with E-state index >= 15 is 0 Å². The lowest BCUT2D eigenvalue weighted by atomic mass is 10.0. The van der Waals surface area contributed by atoms with E-state index in [2.05, 4.69) is 0 Å². The number of hydrogen-bond acceptors (Lipinski definition) is 3. The molecule has 0 bridgehead atoms. The van der Waals surface area contributed by atoms with Gasteiger partial charge in [-0.25, -0.2) is 4.79 Å². The van der Waals surface area contributed by atoms with Crippen molar-refractivity contribution in [2.75, 3.05) is 13.2 Å². The summed E-state index contributed by atoms with van der Waals surface area (Å²) in [6, 6.07) is 0. The van der Waals surface area contributed by atoms with Gasteiger partial charge in [0, 0.05) is 5.57 Å². The van der Waals surface area contributed by atoms with Crippen molar-refractivity contribution in [1.29, 1.82) is 0 Å². The molecule has 1 unspecified atom stereocenters. The van der Waals surface area contributed by atoms with E-state index in [1.165, 1.54) is 0 Å². The predicted octanol–water partition coefficient (Wildman–Crippen LogP) is 1.67. The van der Waals surface area contributed by atoms with Gasteiger partial charge in [-0.3, -0.25) is 0 Å². The van der Waals surface area contributed by atoms with Gasteiger partial charge < -0.3 is 9.47 Å². The van der Waals surface area contributed by atoms with Crippen molar-refractivity contribution in [3.05, 3.63) is 11.1 Å². The predicted molar refractivity (Wildman–Crippen MR) is 49.4 cm³/mol. The fraction of sp³-hybridized carbons (Fsp3) is 0.700. The molecule has 1 heterocycles. The average molecular weight is 184 g/mol. The maximum Gasteiger partial charge on any atom is 0.333 e. The quantitative estimate of drug-likeness (QED) is 0.484. The number of carbonyl (C=O) groups excluding carboxylic acids is 1. The highest BCUT2D eigenvalue weighted by molar-refractivity contribution is 5.88. The zero-order valence-electron chi connectivity index (χ0n) is 8.42. The summed E-state index contributed by atoms with van der Waals surface area (Å²) in [5.41, 5.74) is 1.80. The summed E-state index contributed by atoms with van der Waals surface area (Å²) < 4.78 is 10.3. The van der Waals surface area contributed by atoms with Gasteiger partial charge >= 0.3 is 5.97 Å². The van der Waals surface area contributed by atoms with Crippen molar-refractivity contribution in [2.45, 2.75) is 33.3 Å². The Hall–Kier alpha value is -0.830. The summed E-state index contributed by atoms with van der Waals surface area (Å²) >= 11 is 0. The summed E-state index contributed by atoms with van der Waals surface area (Å²) in [5.74, 6) is -0.213. The van der Waals surface area contributed by atoms with Gasteiger partial charge in [0.25, 0.3) is 0 Å². The van der Waals surface area contributed by atoms with Gasteiger partial charge in [-0.1, -0.05) is 0 Å². The SMILES string of the molecule is CCOC(=O)C(C)=C1CCOC1C. The van der Waals surface area contributed by atoms with Crippen LogP contribution in [0.2, 0.25) is 0 Å². The third-order valence-electron chi connectivity index (χ3n) is 2.29. The Bertz CT molecular complexity index is 230. The van der Waals surface area contributed by atoms with Crippen LogP contribution in [0.1, 0.15) is 27.2 Å². The molecule has 0 radical (unpaired) electrons. The molecule has 0 aromatic heterocycles. The summed E-state index contributed by atoms with van der Waals surface area (Å²) in [5, 5.41) is 0. The monoisotopic (exact) mass is 184 g/mol. The van der Waals surface area contributed by atoms with E-state index in [1.807, 2.05) is 13.8 Å². The third-order valence-corrected chi connectivity index (χ3v) is 2.29. The molecule has 3 heteroatoms. The number of ether oxygens (including phenoxy) is 2. The average Bonchev–Trinajstić information content (AvgIpc) is 2.50. The summed E-state index contributed by atoms with van der Waals surface area (Å²) in [4.78, 5) is 11.3. The molecule has 1 aliphatic heterocycles. The highest BCUT2D eigenvalue weighted by Gasteiger charge is 2.22. The molecule has 1 atom stereocenters. The van der Waals surface area contributed by atoms with Crippen LogP contribution in [0.4, 0.5) is 0 Å². The highest BCUT2D eigenvalue weighted by atomic mass is 16.5. The lowest BCUT2D eigenvalue weighted by Crippen LogP contribution is -2.11. The van der Waals surface area contributed by atoms with Crippen LogP contribution in [0, 0.1) is 0 Å². The molecule has 13 heavy (non-hydrogen) atoms. The van der Waals surface area contributed by atoms with Gasteiger partial charge in [0.1, 0.15) is 0 Å². The van der Waals surface area contributed by atoms with Crippen LogP contribution in [0.15, 0.2) is 11.1 Å². The molecular formula is C10H16O3. The van der Waals surface area contributed by atoms with Crippen LogP contribution in [-0.4, -0.2) is 25.3 Å². The number of esters is 1. The first-order valence-corrected chi connectivity index (χ1v) is 4.65. The van der Waals surface area contributed by atoms with Crippen LogP contribution < -0.4 is 0 Å². The Morgan fingerprint density at radius 3 is 2.85 bits per heavy atom. The molecule has 0 aliphatic carbocycles. The van der Waals surface area contributed by atoms with Crippen molar-refractivity contribution in [2.24, 2.45) is 0 Å². The molecule has 0 saturated carbocycles. The largest absolute Gasteiger partial charge is 0.463 e. The second-order valence-electron chi connectivity index (χ2n) is 3.13. The molecule has 74 valence electrons. The van der Waals surface area contributed by atoms with Crippen LogP contribution in [0.25, 0.3) is 0 Å². The van der Waals surface area contributed by atoms with Gasteiger partial charge in [0.2, 0.25) is 0 Å². The topological polar surface area (TPSA) is 35.5 Å². The maximum absolute atomic E-state index is 11.3. The zero-order valence-corrected chi connectivity index (χ0v) is 8.42. The number of carbonyl (C=O) groups is 1. The smallest absolute Gasteiger partial charge is 0.333 e. The Balaban J connectivity index is 2.72. The minimum absolute atomic E-state index is 0.0735. The van der Waals surface area contributed by atoms with E-state index < -0.39 is 0 Å². The Labute approximate surface area is 78.7 Å². The lowest BCUT2D eigenvalue weighted by molar-refractivity contribution is -0.138. The Morgan fingerprint density at radius 1 is 1.69 bits per heavy atom. The standard InChI is InChI=1S/C10H16O3/c1-4-12-10(11)7(2)9-5-6-13-8(9)3/h8H,4-6H2,1-3H3. The zero-order chi connectivity index (χ0) is 9.84. The van der Waals surface area contributed by atoms with Gasteiger partial charge in [-0.15, -0.1) is 0 Å². The van der Waals surface area contributed by atoms with E-state index in [4.69, 9.17) is 9.47 Å². The lowest BCUT2D eigenvalue weighted by Gasteiger charge is -2.08. The molecule has 1 saturated heterocycles. The number of rotatable bonds is 2. The molecule has 1 fully saturated rings. The normalized spacial score (nSPS) is 25.9. The van der Waals surface area contributed by atoms with Crippen LogP contribution >= 0.6 is 0 Å². The van der Waals surface area contributed by atoms with Crippen LogP contribution in [-0.2, 0) is 14.3 Å². The van der Waals surface area contributed by atoms with E-state index in [1.54, 1.807) is 6.92 Å². The molecule has 0 N–H and O–H groups in total. The molecule has 1 rings (SSSR count). The van der Waals surface area contributed by atoms with E-state index in [9.17, 15) is 4.79 Å². The summed E-state index contributed by atoms with van der Waals surface area (Å²) in [6.07, 6.45) is 0.927. The number of hydrogen-bond donors (Lipinski definition) is 0. The van der Waals surface area contributed by atoms with Crippen molar-refractivity contribution >= 4 is 5.97 Å². The molecule has 0 aromatic rings. The molecule has 1 aliphatic rings. The van der Waals surface area contributed by atoms with Crippen LogP contribution in [0.3, 0.4) is 0 Å². The minimum Gasteiger partial charge on any atom is -0.463 e. The molecule has 3 nitrogen and oxygen atoms in total. The van der Waals surface area contributed by atoms with E-state index in [0.29, 0.717) is 18.8 Å². The Kier molecular flexibility index (Phi) is 3.48. The Morgan fingerprint density at radius 2 is 2.38 bits per heavy atom. The van der Waals surface area contributed by atoms with Gasteiger partial charge in [0.15, 0.2) is 0 Å². The first kappa shape index (κ1) is 10.3. The first-order valence-electron chi connectivity index (χ1n) is 4.65. The second kappa shape index (κ2) is 4.42. The molecule has 0 amide bonds. The van der Waals surface area contributed by atoms with E-state index in [0.717, 1.165) is 12.0 Å². The van der Waals surface area contributed by atoms with Gasteiger partial charge in [-0.05, 0) is 32.8 Å².